The Labute approximate surface area is 165 Å². The second-order valence-electron chi connectivity index (χ2n) is 5.42. The van der Waals surface area contributed by atoms with Gasteiger partial charge in [-0.15, -0.1) is 0 Å². The van der Waals surface area contributed by atoms with Gasteiger partial charge in [0.2, 0.25) is 21.1 Å². The molecular formula is C17H15ClN4O3S2. The summed E-state index contributed by atoms with van der Waals surface area (Å²) in [6.45, 7) is -0.0657. The number of benzene rings is 2. The molecule has 0 saturated heterocycles. The van der Waals surface area contributed by atoms with Gasteiger partial charge in [-0.2, -0.15) is 9.36 Å². The summed E-state index contributed by atoms with van der Waals surface area (Å²) in [6.07, 6.45) is -0.0517. The molecule has 0 radical (unpaired) electrons. The number of aromatic nitrogens is 2. The van der Waals surface area contributed by atoms with E-state index in [0.29, 0.717) is 11.0 Å². The molecule has 0 bridgehead atoms. The van der Waals surface area contributed by atoms with Crippen LogP contribution >= 0.6 is 23.1 Å². The smallest absolute Gasteiger partial charge is 0.242 e. The molecule has 3 aromatic rings. The Kier molecular flexibility index (Phi) is 6.17. The summed E-state index contributed by atoms with van der Waals surface area (Å²) in [7, 11) is -3.78. The van der Waals surface area contributed by atoms with Crippen molar-refractivity contribution in [3.63, 3.8) is 0 Å². The topological polar surface area (TPSA) is 101 Å². The van der Waals surface area contributed by atoms with Gasteiger partial charge in [0.15, 0.2) is 5.82 Å². The van der Waals surface area contributed by atoms with E-state index in [-0.39, 0.29) is 28.8 Å². The zero-order valence-corrected chi connectivity index (χ0v) is 16.3. The van der Waals surface area contributed by atoms with Crippen molar-refractivity contribution in [2.24, 2.45) is 0 Å². The van der Waals surface area contributed by atoms with Gasteiger partial charge >= 0.3 is 0 Å². The molecule has 7 nitrogen and oxygen atoms in total. The van der Waals surface area contributed by atoms with Crippen LogP contribution in [0.3, 0.4) is 0 Å². The number of halogens is 1. The van der Waals surface area contributed by atoms with Gasteiger partial charge in [0.1, 0.15) is 4.90 Å². The minimum absolute atomic E-state index is 0.0244. The van der Waals surface area contributed by atoms with Crippen molar-refractivity contribution in [3.05, 3.63) is 59.6 Å². The molecule has 27 heavy (non-hydrogen) atoms. The van der Waals surface area contributed by atoms with E-state index in [9.17, 15) is 13.2 Å². The van der Waals surface area contributed by atoms with E-state index in [4.69, 9.17) is 11.6 Å². The van der Waals surface area contributed by atoms with Gasteiger partial charge in [-0.05, 0) is 12.1 Å². The van der Waals surface area contributed by atoms with Crippen molar-refractivity contribution in [2.45, 2.75) is 11.3 Å². The molecule has 140 valence electrons. The van der Waals surface area contributed by atoms with Crippen LogP contribution in [0, 0.1) is 0 Å². The molecule has 3 rings (SSSR count). The molecule has 0 aliphatic heterocycles. The Morgan fingerprint density at radius 2 is 1.78 bits per heavy atom. The fourth-order valence-electron chi connectivity index (χ4n) is 2.20. The SMILES string of the molecule is O=C(CCNS(=O)(=O)c1ccccc1Cl)Nc1nc(-c2ccccc2)ns1. The molecule has 1 heterocycles. The highest BCUT2D eigenvalue weighted by Crippen LogP contribution is 2.21. The lowest BCUT2D eigenvalue weighted by Crippen LogP contribution is -2.28. The Bertz CT molecular complexity index is 1040. The van der Waals surface area contributed by atoms with Crippen LogP contribution in [0.25, 0.3) is 11.4 Å². The van der Waals surface area contributed by atoms with Crippen LogP contribution in [0.5, 0.6) is 0 Å². The van der Waals surface area contributed by atoms with Gasteiger partial charge in [-0.1, -0.05) is 54.1 Å². The van der Waals surface area contributed by atoms with Gasteiger partial charge in [-0.25, -0.2) is 13.1 Å². The molecule has 0 atom stereocenters. The third kappa shape index (κ3) is 5.10. The highest BCUT2D eigenvalue weighted by molar-refractivity contribution is 7.89. The van der Waals surface area contributed by atoms with E-state index >= 15 is 0 Å². The molecule has 0 spiro atoms. The average Bonchev–Trinajstić information content (AvgIpc) is 3.11. The number of carbonyl (C=O) groups excluding carboxylic acids is 1. The molecular weight excluding hydrogens is 408 g/mol. The van der Waals surface area contributed by atoms with Crippen molar-refractivity contribution < 1.29 is 13.2 Å². The van der Waals surface area contributed by atoms with Crippen LogP contribution in [0.15, 0.2) is 59.5 Å². The Balaban J connectivity index is 1.53. The monoisotopic (exact) mass is 422 g/mol. The average molecular weight is 423 g/mol. The third-order valence-corrected chi connectivity index (χ3v) is 6.07. The van der Waals surface area contributed by atoms with Crippen molar-refractivity contribution >= 4 is 44.2 Å². The maximum atomic E-state index is 12.2. The molecule has 0 aliphatic rings. The van der Waals surface area contributed by atoms with Crippen molar-refractivity contribution in [1.29, 1.82) is 0 Å². The zero-order valence-electron chi connectivity index (χ0n) is 13.9. The molecule has 0 fully saturated rings. The summed E-state index contributed by atoms with van der Waals surface area (Å²) in [5.41, 5.74) is 0.849. The molecule has 0 unspecified atom stereocenters. The van der Waals surface area contributed by atoms with Gasteiger partial charge in [0.25, 0.3) is 0 Å². The van der Waals surface area contributed by atoms with Crippen molar-refractivity contribution in [2.75, 3.05) is 11.9 Å². The first kappa shape index (κ1) is 19.4. The lowest BCUT2D eigenvalue weighted by molar-refractivity contribution is -0.116. The second kappa shape index (κ2) is 8.57. The van der Waals surface area contributed by atoms with Crippen LogP contribution in [0.1, 0.15) is 6.42 Å². The van der Waals surface area contributed by atoms with Gasteiger partial charge in [0.05, 0.1) is 5.02 Å². The Hall–Kier alpha value is -2.33. The summed E-state index contributed by atoms with van der Waals surface area (Å²) in [5, 5.41) is 3.09. The van der Waals surface area contributed by atoms with E-state index in [1.54, 1.807) is 12.1 Å². The number of rotatable bonds is 7. The van der Waals surface area contributed by atoms with E-state index < -0.39 is 10.0 Å². The van der Waals surface area contributed by atoms with Crippen LogP contribution in [0.2, 0.25) is 5.02 Å². The van der Waals surface area contributed by atoms with Crippen LogP contribution < -0.4 is 10.0 Å². The highest BCUT2D eigenvalue weighted by atomic mass is 35.5. The number of sulfonamides is 1. The van der Waals surface area contributed by atoms with Gasteiger partial charge in [0, 0.05) is 30.1 Å². The summed E-state index contributed by atoms with van der Waals surface area (Å²) in [5.74, 6) is 0.156. The molecule has 2 N–H and O–H groups in total. The second-order valence-corrected chi connectivity index (χ2v) is 8.31. The van der Waals surface area contributed by atoms with Crippen LogP contribution in [-0.2, 0) is 14.8 Å². The Morgan fingerprint density at radius 1 is 1.07 bits per heavy atom. The fourth-order valence-corrected chi connectivity index (χ4v) is 4.36. The summed E-state index contributed by atoms with van der Waals surface area (Å²) in [6, 6.07) is 15.5. The minimum atomic E-state index is -3.78. The van der Waals surface area contributed by atoms with Crippen molar-refractivity contribution in [1.82, 2.24) is 14.1 Å². The molecule has 0 saturated carbocycles. The number of nitrogens with one attached hydrogen (secondary N) is 2. The zero-order chi connectivity index (χ0) is 19.3. The maximum absolute atomic E-state index is 12.2. The summed E-state index contributed by atoms with van der Waals surface area (Å²) in [4.78, 5) is 16.2. The van der Waals surface area contributed by atoms with Crippen molar-refractivity contribution in [3.8, 4) is 11.4 Å². The predicted octanol–water partition coefficient (Wildman–Crippen LogP) is 3.17. The first-order valence-corrected chi connectivity index (χ1v) is 10.5. The molecule has 10 heteroatoms. The molecule has 1 amide bonds. The number of hydrogen-bond acceptors (Lipinski definition) is 6. The maximum Gasteiger partial charge on any atom is 0.242 e. The summed E-state index contributed by atoms with van der Waals surface area (Å²) < 4.78 is 31.0. The van der Waals surface area contributed by atoms with E-state index in [1.807, 2.05) is 30.3 Å². The lowest BCUT2D eigenvalue weighted by atomic mass is 10.2. The van der Waals surface area contributed by atoms with E-state index in [1.165, 1.54) is 12.1 Å². The largest absolute Gasteiger partial charge is 0.301 e. The third-order valence-electron chi connectivity index (χ3n) is 3.47. The first-order chi connectivity index (χ1) is 13.0. The van der Waals surface area contributed by atoms with E-state index in [2.05, 4.69) is 19.4 Å². The number of amides is 1. The number of anilines is 1. The normalized spacial score (nSPS) is 11.3. The summed E-state index contributed by atoms with van der Waals surface area (Å²) >= 11 is 6.96. The van der Waals surface area contributed by atoms with Gasteiger partial charge in [-0.3, -0.25) is 4.79 Å². The highest BCUT2D eigenvalue weighted by Gasteiger charge is 2.17. The van der Waals surface area contributed by atoms with Gasteiger partial charge < -0.3 is 5.32 Å². The quantitative estimate of drug-likeness (QED) is 0.609. The number of nitrogens with zero attached hydrogens (tertiary/aromatic N) is 2. The molecule has 0 aliphatic carbocycles. The Morgan fingerprint density at radius 3 is 2.52 bits per heavy atom. The molecule has 1 aromatic heterocycles. The lowest BCUT2D eigenvalue weighted by Gasteiger charge is -2.07. The van der Waals surface area contributed by atoms with Crippen LogP contribution in [-0.4, -0.2) is 30.2 Å². The number of carbonyl (C=O) groups is 1. The van der Waals surface area contributed by atoms with Crippen LogP contribution in [0.4, 0.5) is 5.13 Å². The minimum Gasteiger partial charge on any atom is -0.301 e. The number of hydrogen-bond donors (Lipinski definition) is 2. The van der Waals surface area contributed by atoms with E-state index in [0.717, 1.165) is 17.1 Å². The predicted molar refractivity (Wildman–Crippen MR) is 105 cm³/mol. The fraction of sp³-hybridized carbons (Fsp3) is 0.118. The first-order valence-electron chi connectivity index (χ1n) is 7.89. The standard InChI is InChI=1S/C17H15ClN4O3S2/c18-13-8-4-5-9-14(13)27(24,25)19-11-10-15(23)20-17-21-16(22-26-17)12-6-2-1-3-7-12/h1-9,19H,10-11H2,(H,20,21,22,23). The molecule has 2 aromatic carbocycles.